The van der Waals surface area contributed by atoms with Crippen LogP contribution in [0, 0.1) is 0 Å². The first-order chi connectivity index (χ1) is 14.7. The van der Waals surface area contributed by atoms with Crippen molar-refractivity contribution >= 4 is 22.6 Å². The van der Waals surface area contributed by atoms with Crippen LogP contribution >= 0.6 is 0 Å². The summed E-state index contributed by atoms with van der Waals surface area (Å²) < 4.78 is 5.10. The number of anilines is 1. The molecule has 0 aliphatic carbocycles. The lowest BCUT2D eigenvalue weighted by molar-refractivity contribution is 0.0526. The van der Waals surface area contributed by atoms with Gasteiger partial charge in [0, 0.05) is 29.0 Å². The molecule has 4 rings (SSSR count). The highest BCUT2D eigenvalue weighted by molar-refractivity contribution is 5.90. The summed E-state index contributed by atoms with van der Waals surface area (Å²) >= 11 is 0. The van der Waals surface area contributed by atoms with Crippen molar-refractivity contribution in [2.75, 3.05) is 11.9 Å². The molecule has 2 aromatic carbocycles. The van der Waals surface area contributed by atoms with Crippen molar-refractivity contribution in [3.8, 4) is 5.75 Å². The fraction of sp³-hybridized carbons (Fsp3) is 0.125. The Morgan fingerprint density at radius 2 is 1.90 bits per heavy atom. The molecule has 0 fully saturated rings. The van der Waals surface area contributed by atoms with Gasteiger partial charge in [-0.3, -0.25) is 9.97 Å². The molecular formula is C24H21N3O3. The molecule has 0 unspecified atom stereocenters. The molecule has 2 aromatic heterocycles. The van der Waals surface area contributed by atoms with Crippen LogP contribution in [0.5, 0.6) is 5.75 Å². The largest absolute Gasteiger partial charge is 0.505 e. The summed E-state index contributed by atoms with van der Waals surface area (Å²) in [6.07, 6.45) is 3.35. The zero-order valence-corrected chi connectivity index (χ0v) is 16.4. The quantitative estimate of drug-likeness (QED) is 0.457. The summed E-state index contributed by atoms with van der Waals surface area (Å²) in [5, 5.41) is 15.2. The van der Waals surface area contributed by atoms with E-state index in [4.69, 9.17) is 4.74 Å². The number of carbonyl (C=O) groups excluding carboxylic acids is 1. The average Bonchev–Trinajstić information content (AvgIpc) is 2.79. The minimum Gasteiger partial charge on any atom is -0.505 e. The monoisotopic (exact) mass is 399 g/mol. The maximum Gasteiger partial charge on any atom is 0.338 e. The third-order valence-electron chi connectivity index (χ3n) is 4.76. The Balaban J connectivity index is 1.77. The minimum atomic E-state index is -0.449. The van der Waals surface area contributed by atoms with E-state index in [1.165, 1.54) is 0 Å². The molecule has 0 radical (unpaired) electrons. The number of phenolic OH excluding ortho intramolecular Hbond substituents is 1. The first kappa shape index (κ1) is 19.4. The van der Waals surface area contributed by atoms with Gasteiger partial charge in [0.05, 0.1) is 23.9 Å². The number of pyridine rings is 2. The summed E-state index contributed by atoms with van der Waals surface area (Å²) in [6, 6.07) is 19.7. The van der Waals surface area contributed by atoms with Crippen LogP contribution < -0.4 is 5.32 Å². The lowest BCUT2D eigenvalue weighted by Gasteiger charge is -2.22. The number of hydrogen-bond donors (Lipinski definition) is 2. The summed E-state index contributed by atoms with van der Waals surface area (Å²) in [7, 11) is 0. The van der Waals surface area contributed by atoms with E-state index in [0.29, 0.717) is 28.9 Å². The average molecular weight is 399 g/mol. The zero-order chi connectivity index (χ0) is 20.9. The van der Waals surface area contributed by atoms with Gasteiger partial charge in [-0.05, 0) is 43.3 Å². The number of phenols is 1. The van der Waals surface area contributed by atoms with Gasteiger partial charge in [-0.15, -0.1) is 0 Å². The maximum absolute atomic E-state index is 12.1. The van der Waals surface area contributed by atoms with E-state index in [0.717, 1.165) is 11.1 Å². The Hall–Kier alpha value is -3.93. The van der Waals surface area contributed by atoms with Crippen molar-refractivity contribution in [2.24, 2.45) is 0 Å². The molecule has 2 N–H and O–H groups in total. The van der Waals surface area contributed by atoms with Gasteiger partial charge in [0.25, 0.3) is 0 Å². The molecule has 4 aromatic rings. The number of fused-ring (bicyclic) bond motifs is 1. The molecule has 30 heavy (non-hydrogen) atoms. The molecule has 1 atom stereocenters. The smallest absolute Gasteiger partial charge is 0.338 e. The summed E-state index contributed by atoms with van der Waals surface area (Å²) in [4.78, 5) is 20.9. The van der Waals surface area contributed by atoms with Crippen molar-refractivity contribution in [1.29, 1.82) is 0 Å². The van der Waals surface area contributed by atoms with Crippen molar-refractivity contribution in [2.45, 2.75) is 13.0 Å². The van der Waals surface area contributed by atoms with E-state index in [2.05, 4.69) is 15.3 Å². The van der Waals surface area contributed by atoms with E-state index in [-0.39, 0.29) is 11.7 Å². The Bertz CT molecular complexity index is 1180. The van der Waals surface area contributed by atoms with Crippen LogP contribution in [0.3, 0.4) is 0 Å². The van der Waals surface area contributed by atoms with Crippen LogP contribution in [-0.2, 0) is 4.74 Å². The zero-order valence-electron chi connectivity index (χ0n) is 16.4. The molecule has 0 aliphatic rings. The number of rotatable bonds is 6. The number of aromatic hydroxyl groups is 1. The normalized spacial score (nSPS) is 11.8. The Morgan fingerprint density at radius 1 is 1.03 bits per heavy atom. The highest BCUT2D eigenvalue weighted by atomic mass is 16.5. The van der Waals surface area contributed by atoms with Crippen molar-refractivity contribution in [3.05, 3.63) is 95.9 Å². The van der Waals surface area contributed by atoms with Gasteiger partial charge in [0.15, 0.2) is 0 Å². The number of ether oxygens (including phenoxy) is 1. The molecule has 150 valence electrons. The molecule has 6 heteroatoms. The van der Waals surface area contributed by atoms with Gasteiger partial charge in [0.2, 0.25) is 0 Å². The lowest BCUT2D eigenvalue weighted by Crippen LogP contribution is -2.15. The van der Waals surface area contributed by atoms with Crippen LogP contribution in [0.2, 0.25) is 0 Å². The number of nitrogens with zero attached hydrogens (tertiary/aromatic N) is 2. The van der Waals surface area contributed by atoms with E-state index in [1.807, 2.05) is 48.5 Å². The van der Waals surface area contributed by atoms with Crippen LogP contribution in [-0.4, -0.2) is 27.7 Å². The molecular weight excluding hydrogens is 378 g/mol. The van der Waals surface area contributed by atoms with Gasteiger partial charge in [-0.25, -0.2) is 4.79 Å². The number of aromatic nitrogens is 2. The number of benzene rings is 2. The van der Waals surface area contributed by atoms with E-state index >= 15 is 0 Å². The first-order valence-corrected chi connectivity index (χ1v) is 9.68. The van der Waals surface area contributed by atoms with Gasteiger partial charge >= 0.3 is 5.97 Å². The second kappa shape index (κ2) is 8.61. The van der Waals surface area contributed by atoms with Gasteiger partial charge in [-0.2, -0.15) is 0 Å². The van der Waals surface area contributed by atoms with Crippen LogP contribution in [0.4, 0.5) is 5.69 Å². The highest BCUT2D eigenvalue weighted by Gasteiger charge is 2.21. The van der Waals surface area contributed by atoms with Crippen molar-refractivity contribution in [3.63, 3.8) is 0 Å². The molecule has 0 saturated heterocycles. The van der Waals surface area contributed by atoms with E-state index < -0.39 is 6.04 Å². The van der Waals surface area contributed by atoms with E-state index in [1.54, 1.807) is 37.5 Å². The number of hydrogen-bond acceptors (Lipinski definition) is 6. The van der Waals surface area contributed by atoms with Crippen molar-refractivity contribution < 1.29 is 14.6 Å². The fourth-order valence-electron chi connectivity index (χ4n) is 3.35. The summed E-state index contributed by atoms with van der Waals surface area (Å²) in [5.74, 6) is -0.286. The number of carbonyl (C=O) groups is 1. The molecule has 0 bridgehead atoms. The van der Waals surface area contributed by atoms with Gasteiger partial charge in [0.1, 0.15) is 11.3 Å². The predicted molar refractivity (Wildman–Crippen MR) is 116 cm³/mol. The third-order valence-corrected chi connectivity index (χ3v) is 4.76. The van der Waals surface area contributed by atoms with Crippen molar-refractivity contribution in [1.82, 2.24) is 9.97 Å². The lowest BCUT2D eigenvalue weighted by atomic mass is 9.99. The van der Waals surface area contributed by atoms with Crippen LogP contribution in [0.25, 0.3) is 10.9 Å². The predicted octanol–water partition coefficient (Wildman–Crippen LogP) is 4.71. The standard InChI is InChI=1S/C24H21N3O3/c1-2-30-24(29)17-7-5-9-18(15-17)27-22(20-10-3-4-13-25-20)19-12-11-16-8-6-14-26-21(16)23(19)28/h3-15,22,27-28H,2H2,1H3/t22-/m0/s1. The molecule has 2 heterocycles. The Morgan fingerprint density at radius 3 is 2.70 bits per heavy atom. The molecule has 0 amide bonds. The Kier molecular flexibility index (Phi) is 5.57. The second-order valence-corrected chi connectivity index (χ2v) is 6.71. The summed E-state index contributed by atoms with van der Waals surface area (Å²) in [5.41, 5.74) is 3.05. The molecule has 0 saturated carbocycles. The number of esters is 1. The second-order valence-electron chi connectivity index (χ2n) is 6.71. The minimum absolute atomic E-state index is 0.0952. The highest BCUT2D eigenvalue weighted by Crippen LogP contribution is 2.35. The van der Waals surface area contributed by atoms with E-state index in [9.17, 15) is 9.90 Å². The third kappa shape index (κ3) is 3.93. The molecule has 0 spiro atoms. The SMILES string of the molecule is CCOC(=O)c1cccc(N[C@H](c2ccccn2)c2ccc3cccnc3c2O)c1. The van der Waals surface area contributed by atoms with Crippen LogP contribution in [0.15, 0.2) is 79.1 Å². The van der Waals surface area contributed by atoms with Gasteiger partial charge < -0.3 is 15.2 Å². The topological polar surface area (TPSA) is 84.3 Å². The number of nitrogens with one attached hydrogen (secondary N) is 1. The molecule has 0 aliphatic heterocycles. The molecule has 6 nitrogen and oxygen atoms in total. The fourth-order valence-corrected chi connectivity index (χ4v) is 3.35. The van der Waals surface area contributed by atoms with Crippen LogP contribution in [0.1, 0.15) is 34.6 Å². The Labute approximate surface area is 174 Å². The van der Waals surface area contributed by atoms with Gasteiger partial charge in [-0.1, -0.05) is 30.3 Å². The summed E-state index contributed by atoms with van der Waals surface area (Å²) in [6.45, 7) is 2.08. The maximum atomic E-state index is 12.1. The first-order valence-electron chi connectivity index (χ1n) is 9.68.